The molecule has 1 saturated carbocycles. The molecule has 1 aliphatic carbocycles. The first-order chi connectivity index (χ1) is 9.30. The Bertz CT molecular complexity index is 315. The molecule has 3 saturated heterocycles. The molecule has 3 atom stereocenters. The zero-order valence-electron chi connectivity index (χ0n) is 12.1. The number of carbonyl (C=O) groups excluding carboxylic acids is 1. The van der Waals surface area contributed by atoms with E-state index in [1.54, 1.807) is 0 Å². The zero-order valence-corrected chi connectivity index (χ0v) is 12.1. The van der Waals surface area contributed by atoms with E-state index in [4.69, 9.17) is 0 Å². The lowest BCUT2D eigenvalue weighted by Gasteiger charge is -2.49. The SMILES string of the molecule is CCN1CCN(CC2CC3CCC2CN3C=O)CC1. The van der Waals surface area contributed by atoms with Crippen LogP contribution in [0.25, 0.3) is 0 Å². The first-order valence-electron chi connectivity index (χ1n) is 7.96. The van der Waals surface area contributed by atoms with Crippen LogP contribution in [0.4, 0.5) is 0 Å². The van der Waals surface area contributed by atoms with E-state index in [0.717, 1.165) is 24.8 Å². The van der Waals surface area contributed by atoms with Crippen LogP contribution in [0, 0.1) is 11.8 Å². The molecule has 3 heterocycles. The number of rotatable bonds is 4. The minimum absolute atomic E-state index is 0.546. The van der Waals surface area contributed by atoms with Crippen molar-refractivity contribution in [2.45, 2.75) is 32.2 Å². The average molecular weight is 265 g/mol. The number of amides is 1. The van der Waals surface area contributed by atoms with E-state index in [9.17, 15) is 4.79 Å². The molecule has 0 aromatic rings. The van der Waals surface area contributed by atoms with Gasteiger partial charge < -0.3 is 14.7 Å². The van der Waals surface area contributed by atoms with Gasteiger partial charge in [0.2, 0.25) is 6.41 Å². The second kappa shape index (κ2) is 5.80. The fourth-order valence-corrected chi connectivity index (χ4v) is 4.24. The highest BCUT2D eigenvalue weighted by atomic mass is 16.1. The standard InChI is InChI=1S/C15H27N3O/c1-2-16-5-7-17(8-6-16)10-14-9-15-4-3-13(14)11-18(15)12-19/h12-15H,2-11H2,1H3. The number of piperazine rings is 1. The number of likely N-dealkylation sites (N-methyl/N-ethyl adjacent to an activating group) is 1. The third-order valence-electron chi connectivity index (χ3n) is 5.57. The van der Waals surface area contributed by atoms with Crippen molar-refractivity contribution in [2.24, 2.45) is 11.8 Å². The van der Waals surface area contributed by atoms with Gasteiger partial charge in [-0.05, 0) is 37.6 Å². The average Bonchev–Trinajstić information content (AvgIpc) is 2.48. The third kappa shape index (κ3) is 2.79. The summed E-state index contributed by atoms with van der Waals surface area (Å²) < 4.78 is 0. The van der Waals surface area contributed by atoms with Crippen molar-refractivity contribution in [3.8, 4) is 0 Å². The summed E-state index contributed by atoms with van der Waals surface area (Å²) >= 11 is 0. The predicted molar refractivity (Wildman–Crippen MR) is 75.9 cm³/mol. The maximum atomic E-state index is 11.0. The van der Waals surface area contributed by atoms with Gasteiger partial charge in [-0.15, -0.1) is 0 Å². The number of fused-ring (bicyclic) bond motifs is 3. The van der Waals surface area contributed by atoms with Gasteiger partial charge in [0.15, 0.2) is 0 Å². The van der Waals surface area contributed by atoms with Gasteiger partial charge in [-0.1, -0.05) is 6.92 Å². The summed E-state index contributed by atoms with van der Waals surface area (Å²) in [6.07, 6.45) is 4.91. The maximum absolute atomic E-state index is 11.0. The summed E-state index contributed by atoms with van der Waals surface area (Å²) in [5.41, 5.74) is 0. The van der Waals surface area contributed by atoms with E-state index < -0.39 is 0 Å². The van der Waals surface area contributed by atoms with E-state index in [-0.39, 0.29) is 0 Å². The molecule has 2 bridgehead atoms. The van der Waals surface area contributed by atoms with Gasteiger partial charge in [0.25, 0.3) is 0 Å². The molecule has 19 heavy (non-hydrogen) atoms. The van der Waals surface area contributed by atoms with Crippen LogP contribution < -0.4 is 0 Å². The van der Waals surface area contributed by atoms with Gasteiger partial charge in [0.05, 0.1) is 0 Å². The van der Waals surface area contributed by atoms with Crippen molar-refractivity contribution in [1.29, 1.82) is 0 Å². The molecule has 0 aromatic heterocycles. The minimum atomic E-state index is 0.546. The normalized spacial score (nSPS) is 36.7. The zero-order chi connectivity index (χ0) is 13.2. The monoisotopic (exact) mass is 265 g/mol. The maximum Gasteiger partial charge on any atom is 0.209 e. The quantitative estimate of drug-likeness (QED) is 0.706. The van der Waals surface area contributed by atoms with Crippen LogP contribution in [-0.4, -0.2) is 73.0 Å². The lowest BCUT2D eigenvalue weighted by Crippen LogP contribution is -2.55. The summed E-state index contributed by atoms with van der Waals surface area (Å²) in [4.78, 5) is 18.3. The van der Waals surface area contributed by atoms with Crippen LogP contribution in [0.2, 0.25) is 0 Å². The van der Waals surface area contributed by atoms with Gasteiger partial charge >= 0.3 is 0 Å². The number of nitrogens with zero attached hydrogens (tertiary/aromatic N) is 3. The van der Waals surface area contributed by atoms with E-state index >= 15 is 0 Å². The molecule has 4 heteroatoms. The number of piperidine rings is 2. The number of hydrogen-bond acceptors (Lipinski definition) is 3. The molecule has 4 rings (SSSR count). The van der Waals surface area contributed by atoms with Crippen molar-refractivity contribution in [3.63, 3.8) is 0 Å². The highest BCUT2D eigenvalue weighted by Crippen LogP contribution is 2.39. The van der Waals surface area contributed by atoms with E-state index in [1.807, 2.05) is 0 Å². The molecule has 4 aliphatic rings. The Hall–Kier alpha value is -0.610. The Balaban J connectivity index is 1.50. The summed E-state index contributed by atoms with van der Waals surface area (Å²) in [5.74, 6) is 1.60. The Morgan fingerprint density at radius 3 is 2.42 bits per heavy atom. The lowest BCUT2D eigenvalue weighted by molar-refractivity contribution is -0.127. The van der Waals surface area contributed by atoms with Gasteiger partial charge in [-0.25, -0.2) is 0 Å². The molecule has 4 nitrogen and oxygen atoms in total. The predicted octanol–water partition coefficient (Wildman–Crippen LogP) is 0.881. The Labute approximate surface area is 116 Å². The van der Waals surface area contributed by atoms with E-state index in [0.29, 0.717) is 6.04 Å². The Morgan fingerprint density at radius 2 is 1.84 bits per heavy atom. The summed E-state index contributed by atoms with van der Waals surface area (Å²) in [6, 6.07) is 0.546. The molecule has 0 aromatic carbocycles. The van der Waals surface area contributed by atoms with Crippen LogP contribution in [0.15, 0.2) is 0 Å². The third-order valence-corrected chi connectivity index (χ3v) is 5.57. The van der Waals surface area contributed by atoms with Crippen molar-refractivity contribution in [2.75, 3.05) is 45.8 Å². The molecule has 4 fully saturated rings. The molecule has 1 amide bonds. The summed E-state index contributed by atoms with van der Waals surface area (Å²) in [7, 11) is 0. The van der Waals surface area contributed by atoms with Gasteiger partial charge in [-0.3, -0.25) is 4.79 Å². The van der Waals surface area contributed by atoms with Crippen LogP contribution in [0.1, 0.15) is 26.2 Å². The molecule has 0 radical (unpaired) electrons. The lowest BCUT2D eigenvalue weighted by atomic mass is 9.72. The molecule has 3 unspecified atom stereocenters. The summed E-state index contributed by atoms with van der Waals surface area (Å²) in [6.45, 7) is 10.7. The first kappa shape index (κ1) is 13.4. The second-order valence-corrected chi connectivity index (χ2v) is 6.52. The summed E-state index contributed by atoms with van der Waals surface area (Å²) in [5, 5.41) is 0. The largest absolute Gasteiger partial charge is 0.342 e. The van der Waals surface area contributed by atoms with Gasteiger partial charge in [-0.2, -0.15) is 0 Å². The highest BCUT2D eigenvalue weighted by molar-refractivity contribution is 5.48. The topological polar surface area (TPSA) is 26.8 Å². The molecule has 0 N–H and O–H groups in total. The highest BCUT2D eigenvalue weighted by Gasteiger charge is 2.40. The molecular weight excluding hydrogens is 238 g/mol. The second-order valence-electron chi connectivity index (χ2n) is 6.52. The molecular formula is C15H27N3O. The van der Waals surface area contributed by atoms with Crippen LogP contribution in [-0.2, 0) is 4.79 Å². The van der Waals surface area contributed by atoms with Gasteiger partial charge in [0.1, 0.15) is 0 Å². The van der Waals surface area contributed by atoms with E-state index in [2.05, 4.69) is 21.6 Å². The first-order valence-corrected chi connectivity index (χ1v) is 7.96. The molecule has 0 spiro atoms. The Kier molecular flexibility index (Phi) is 4.08. The van der Waals surface area contributed by atoms with E-state index in [1.165, 1.54) is 58.5 Å². The Morgan fingerprint density at radius 1 is 1.11 bits per heavy atom. The molecule has 108 valence electrons. The van der Waals surface area contributed by atoms with Crippen molar-refractivity contribution < 1.29 is 4.79 Å². The number of carbonyl (C=O) groups is 1. The van der Waals surface area contributed by atoms with Crippen LogP contribution in [0.5, 0.6) is 0 Å². The van der Waals surface area contributed by atoms with Crippen molar-refractivity contribution >= 4 is 6.41 Å². The fourth-order valence-electron chi connectivity index (χ4n) is 4.24. The van der Waals surface area contributed by atoms with Crippen LogP contribution >= 0.6 is 0 Å². The minimum Gasteiger partial charge on any atom is -0.342 e. The smallest absolute Gasteiger partial charge is 0.209 e. The fraction of sp³-hybridized carbons (Fsp3) is 0.933. The van der Waals surface area contributed by atoms with Crippen molar-refractivity contribution in [1.82, 2.24) is 14.7 Å². The van der Waals surface area contributed by atoms with Crippen molar-refractivity contribution in [3.05, 3.63) is 0 Å². The van der Waals surface area contributed by atoms with Crippen LogP contribution in [0.3, 0.4) is 0 Å². The van der Waals surface area contributed by atoms with Gasteiger partial charge in [0, 0.05) is 45.3 Å². The molecule has 3 aliphatic heterocycles. The number of hydrogen-bond donors (Lipinski definition) is 0.